The van der Waals surface area contributed by atoms with Crippen LogP contribution in [0.25, 0.3) is 60.2 Å². The van der Waals surface area contributed by atoms with Gasteiger partial charge in [0.2, 0.25) is 17.2 Å². The molecular formula is C45H36N2O5. The molecule has 0 saturated carbocycles. The monoisotopic (exact) mass is 684 g/mol. The first-order chi connectivity index (χ1) is 25.2. The zero-order chi connectivity index (χ0) is 36.3. The van der Waals surface area contributed by atoms with Crippen LogP contribution in [-0.2, 0) is 0 Å². The summed E-state index contributed by atoms with van der Waals surface area (Å²) >= 11 is 0. The van der Waals surface area contributed by atoms with Crippen molar-refractivity contribution >= 4 is 54.7 Å². The van der Waals surface area contributed by atoms with Crippen molar-refractivity contribution in [1.82, 2.24) is 4.57 Å². The van der Waals surface area contributed by atoms with Crippen molar-refractivity contribution in [2.75, 3.05) is 4.90 Å². The van der Waals surface area contributed by atoms with E-state index in [1.54, 1.807) is 30.1 Å². The highest BCUT2D eigenvalue weighted by atomic mass is 16.4. The number of allylic oxidation sites excluding steroid dienone is 3. The second kappa shape index (κ2) is 12.5. The average Bonchev–Trinajstić information content (AvgIpc) is 3.52. The van der Waals surface area contributed by atoms with Gasteiger partial charge in [-0.15, -0.1) is 0 Å². The van der Waals surface area contributed by atoms with Gasteiger partial charge in [0.25, 0.3) is 0 Å². The third-order valence-electron chi connectivity index (χ3n) is 9.77. The summed E-state index contributed by atoms with van der Waals surface area (Å²) in [6.07, 6.45) is 5.37. The van der Waals surface area contributed by atoms with E-state index in [0.29, 0.717) is 11.4 Å². The fourth-order valence-electron chi connectivity index (χ4n) is 7.54. The van der Waals surface area contributed by atoms with E-state index in [9.17, 15) is 25.5 Å². The Morgan fingerprint density at radius 3 is 1.90 bits per heavy atom. The quantitative estimate of drug-likeness (QED) is 0.0677. The molecule has 0 unspecified atom stereocenters. The van der Waals surface area contributed by atoms with Crippen LogP contribution in [0.15, 0.2) is 139 Å². The lowest BCUT2D eigenvalue weighted by Gasteiger charge is -2.29. The van der Waals surface area contributed by atoms with Crippen molar-refractivity contribution in [3.8, 4) is 45.6 Å². The van der Waals surface area contributed by atoms with Gasteiger partial charge < -0.3 is 35.0 Å². The highest BCUT2D eigenvalue weighted by molar-refractivity contribution is 6.30. The number of para-hydroxylation sites is 1. The van der Waals surface area contributed by atoms with E-state index in [-0.39, 0.29) is 5.69 Å². The average molecular weight is 685 g/mol. The van der Waals surface area contributed by atoms with Gasteiger partial charge in [-0.05, 0) is 101 Å². The molecule has 0 aliphatic rings. The number of anilines is 2. The Bertz CT molecular complexity index is 2750. The van der Waals surface area contributed by atoms with Gasteiger partial charge in [-0.1, -0.05) is 91.0 Å². The Labute approximate surface area is 300 Å². The number of nitrogens with zero attached hydrogens (tertiary/aromatic N) is 2. The van der Waals surface area contributed by atoms with Gasteiger partial charge in [-0.25, -0.2) is 0 Å². The number of benzene rings is 7. The first-order valence-electron chi connectivity index (χ1n) is 17.1. The van der Waals surface area contributed by atoms with Crippen LogP contribution in [0.1, 0.15) is 19.4 Å². The van der Waals surface area contributed by atoms with E-state index in [2.05, 4.69) is 83.4 Å². The maximum atomic E-state index is 11.1. The summed E-state index contributed by atoms with van der Waals surface area (Å²) < 4.78 is 2.32. The topological polar surface area (TPSA) is 109 Å². The van der Waals surface area contributed by atoms with Crippen LogP contribution in [-0.4, -0.2) is 30.1 Å². The molecule has 7 nitrogen and oxygen atoms in total. The van der Waals surface area contributed by atoms with Crippen molar-refractivity contribution < 1.29 is 25.5 Å². The third kappa shape index (κ3) is 4.89. The molecule has 0 amide bonds. The maximum Gasteiger partial charge on any atom is 0.208 e. The highest BCUT2D eigenvalue weighted by Gasteiger charge is 2.30. The van der Waals surface area contributed by atoms with Crippen LogP contribution in [0, 0.1) is 6.92 Å². The van der Waals surface area contributed by atoms with Crippen LogP contribution in [0.4, 0.5) is 11.4 Å². The molecule has 5 N–H and O–H groups in total. The molecule has 1 aromatic heterocycles. The van der Waals surface area contributed by atoms with Crippen LogP contribution in [0.5, 0.6) is 28.7 Å². The summed E-state index contributed by atoms with van der Waals surface area (Å²) in [7, 11) is 0. The molecule has 0 aliphatic heterocycles. The number of phenolic OH excluding ortho intramolecular Hbond substituents is 5. The van der Waals surface area contributed by atoms with E-state index in [1.807, 2.05) is 50.2 Å². The Hall–Kier alpha value is -6.86. The van der Waals surface area contributed by atoms with Crippen LogP contribution >= 0.6 is 0 Å². The minimum atomic E-state index is -1.02. The predicted octanol–water partition coefficient (Wildman–Crippen LogP) is 11.2. The number of fused-ring (bicyclic) bond motifs is 7. The van der Waals surface area contributed by atoms with Gasteiger partial charge in [-0.2, -0.15) is 0 Å². The number of aromatic nitrogens is 1. The van der Waals surface area contributed by atoms with Crippen molar-refractivity contribution in [2.45, 2.75) is 20.8 Å². The molecule has 7 aromatic carbocycles. The normalized spacial score (nSPS) is 12.2. The molecule has 0 bridgehead atoms. The van der Waals surface area contributed by atoms with Crippen molar-refractivity contribution in [3.05, 3.63) is 145 Å². The largest absolute Gasteiger partial charge is 0.503 e. The van der Waals surface area contributed by atoms with E-state index in [0.717, 1.165) is 55.0 Å². The molecule has 52 heavy (non-hydrogen) atoms. The number of aromatic hydroxyl groups is 5. The summed E-state index contributed by atoms with van der Waals surface area (Å²) in [6.45, 7) is 5.61. The number of rotatable bonds is 6. The summed E-state index contributed by atoms with van der Waals surface area (Å²) in [4.78, 5) is 1.55. The molecule has 7 heteroatoms. The van der Waals surface area contributed by atoms with Crippen molar-refractivity contribution in [3.63, 3.8) is 0 Å². The lowest BCUT2D eigenvalue weighted by atomic mass is 9.92. The molecule has 8 rings (SSSR count). The van der Waals surface area contributed by atoms with E-state index >= 15 is 0 Å². The van der Waals surface area contributed by atoms with Gasteiger partial charge in [-0.3, -0.25) is 0 Å². The fourth-order valence-corrected chi connectivity index (χ4v) is 7.54. The first kappa shape index (κ1) is 32.4. The molecule has 1 heterocycles. The summed E-state index contributed by atoms with van der Waals surface area (Å²) in [6, 6.07) is 39.8. The van der Waals surface area contributed by atoms with Gasteiger partial charge in [0.15, 0.2) is 11.5 Å². The van der Waals surface area contributed by atoms with E-state index in [1.165, 1.54) is 10.8 Å². The van der Waals surface area contributed by atoms with Crippen molar-refractivity contribution in [2.24, 2.45) is 0 Å². The van der Waals surface area contributed by atoms with Crippen LogP contribution in [0.3, 0.4) is 0 Å². The summed E-state index contributed by atoms with van der Waals surface area (Å²) in [5.41, 5.74) is 6.69. The van der Waals surface area contributed by atoms with Gasteiger partial charge in [0.1, 0.15) is 5.69 Å². The third-order valence-corrected chi connectivity index (χ3v) is 9.77. The molecule has 0 radical (unpaired) electrons. The Kier molecular flexibility index (Phi) is 7.76. The number of hydrogen-bond acceptors (Lipinski definition) is 6. The smallest absolute Gasteiger partial charge is 0.208 e. The second-order valence-corrected chi connectivity index (χ2v) is 12.9. The molecule has 0 saturated heterocycles. The number of phenols is 5. The minimum absolute atomic E-state index is 0.285. The lowest BCUT2D eigenvalue weighted by Crippen LogP contribution is -2.16. The van der Waals surface area contributed by atoms with Gasteiger partial charge in [0.05, 0.1) is 11.0 Å². The number of hydrogen-bond donors (Lipinski definition) is 5. The van der Waals surface area contributed by atoms with Gasteiger partial charge in [0, 0.05) is 27.8 Å². The van der Waals surface area contributed by atoms with E-state index in [4.69, 9.17) is 0 Å². The molecule has 0 atom stereocenters. The summed E-state index contributed by atoms with van der Waals surface area (Å²) in [5.74, 6) is -4.48. The van der Waals surface area contributed by atoms with Crippen LogP contribution < -0.4 is 4.90 Å². The predicted molar refractivity (Wildman–Crippen MR) is 211 cm³/mol. The standard InChI is InChI=1S/C45H36N2O5/c1-4-13-29(5-2)46(40-41(48)43(50)45(52)44(51)42(40)49)31-23-26(3)22-28(24-31)35-25-37-39(34-19-12-11-18-33(34)35)38-32-17-10-9-14-27(32)20-21-36(38)47(37)30-15-7-6-8-16-30/h4-25,48-52H,1-3H3/b13-4-,29-5+. The van der Waals surface area contributed by atoms with E-state index < -0.39 is 28.7 Å². The van der Waals surface area contributed by atoms with Gasteiger partial charge >= 0.3 is 0 Å². The van der Waals surface area contributed by atoms with Crippen LogP contribution in [0.2, 0.25) is 0 Å². The molecule has 0 aliphatic carbocycles. The highest BCUT2D eigenvalue weighted by Crippen LogP contribution is 2.57. The zero-order valence-corrected chi connectivity index (χ0v) is 28.8. The SMILES string of the molecule is C/C=C\C(=C/C)N(c1cc(C)cc(-c2cc3c(c4ccccc24)c2c4ccccc4ccc2n3-c2ccccc2)c1)c1c(O)c(O)c(O)c(O)c1O. The molecule has 8 aromatic rings. The fraction of sp³-hybridized carbons (Fsp3) is 0.0667. The Morgan fingerprint density at radius 2 is 1.21 bits per heavy atom. The minimum Gasteiger partial charge on any atom is -0.503 e. The lowest BCUT2D eigenvalue weighted by molar-refractivity contribution is 0.329. The van der Waals surface area contributed by atoms with Crippen molar-refractivity contribution in [1.29, 1.82) is 0 Å². The molecule has 0 spiro atoms. The summed E-state index contributed by atoms with van der Waals surface area (Å²) in [5, 5.41) is 60.5. The second-order valence-electron chi connectivity index (χ2n) is 12.9. The zero-order valence-electron chi connectivity index (χ0n) is 28.8. The maximum absolute atomic E-state index is 11.1. The number of aryl methyl sites for hydroxylation is 1. The molecule has 256 valence electrons. The Balaban J connectivity index is 1.48. The molecule has 0 fully saturated rings. The molecular weight excluding hydrogens is 649 g/mol. The Morgan fingerprint density at radius 1 is 0.596 bits per heavy atom. The first-order valence-corrected chi connectivity index (χ1v) is 17.1.